The molecule has 1 saturated heterocycles. The molecule has 0 saturated carbocycles. The second-order valence-electron chi connectivity index (χ2n) is 5.70. The predicted octanol–water partition coefficient (Wildman–Crippen LogP) is 2.81. The van der Waals surface area contributed by atoms with Crippen molar-refractivity contribution < 1.29 is 14.3 Å². The molecule has 0 radical (unpaired) electrons. The van der Waals surface area contributed by atoms with Crippen molar-refractivity contribution in [1.82, 2.24) is 0 Å². The molecule has 2 aromatic carbocycles. The number of benzene rings is 2. The van der Waals surface area contributed by atoms with Crippen molar-refractivity contribution in [3.8, 4) is 18.1 Å². The van der Waals surface area contributed by atoms with E-state index in [9.17, 15) is 9.59 Å². The Morgan fingerprint density at radius 3 is 2.72 bits per heavy atom. The summed E-state index contributed by atoms with van der Waals surface area (Å²) in [5.41, 5.74) is 2.18. The topological polar surface area (TPSA) is 58.6 Å². The Hall–Kier alpha value is -3.26. The summed E-state index contributed by atoms with van der Waals surface area (Å²) >= 11 is 0. The van der Waals surface area contributed by atoms with Crippen molar-refractivity contribution in [1.29, 1.82) is 0 Å². The van der Waals surface area contributed by atoms with Gasteiger partial charge < -0.3 is 15.0 Å². The molecule has 3 rings (SSSR count). The van der Waals surface area contributed by atoms with Gasteiger partial charge in [-0.05, 0) is 48.9 Å². The lowest BCUT2D eigenvalue weighted by molar-refractivity contribution is -0.118. The molecule has 2 aromatic rings. The molecule has 0 aromatic heterocycles. The molecule has 25 heavy (non-hydrogen) atoms. The molecule has 0 unspecified atom stereocenters. The zero-order valence-corrected chi connectivity index (χ0v) is 13.7. The average Bonchev–Trinajstić information content (AvgIpc) is 3.06. The largest absolute Gasteiger partial charge is 0.484 e. The summed E-state index contributed by atoms with van der Waals surface area (Å²) in [7, 11) is 0. The smallest absolute Gasteiger partial charge is 0.262 e. The Morgan fingerprint density at radius 1 is 1.24 bits per heavy atom. The highest BCUT2D eigenvalue weighted by Gasteiger charge is 2.21. The van der Waals surface area contributed by atoms with Gasteiger partial charge in [0, 0.05) is 29.9 Å². The zero-order valence-electron chi connectivity index (χ0n) is 13.7. The van der Waals surface area contributed by atoms with Crippen LogP contribution in [-0.4, -0.2) is 25.0 Å². The second kappa shape index (κ2) is 7.54. The van der Waals surface area contributed by atoms with Gasteiger partial charge in [-0.2, -0.15) is 0 Å². The quantitative estimate of drug-likeness (QED) is 0.856. The van der Waals surface area contributed by atoms with E-state index >= 15 is 0 Å². The first-order valence-corrected chi connectivity index (χ1v) is 8.05. The fourth-order valence-electron chi connectivity index (χ4n) is 2.68. The van der Waals surface area contributed by atoms with Crippen molar-refractivity contribution in [3.05, 3.63) is 54.1 Å². The molecule has 2 amide bonds. The molecule has 5 nitrogen and oxygen atoms in total. The van der Waals surface area contributed by atoms with Crippen molar-refractivity contribution >= 4 is 23.2 Å². The van der Waals surface area contributed by atoms with Crippen molar-refractivity contribution in [3.63, 3.8) is 0 Å². The first-order valence-electron chi connectivity index (χ1n) is 8.05. The van der Waals surface area contributed by atoms with E-state index < -0.39 is 0 Å². The molecule has 0 aliphatic carbocycles. The maximum absolute atomic E-state index is 12.0. The summed E-state index contributed by atoms with van der Waals surface area (Å²) in [6.07, 6.45) is 6.82. The van der Waals surface area contributed by atoms with Gasteiger partial charge in [0.25, 0.3) is 5.91 Å². The van der Waals surface area contributed by atoms with Gasteiger partial charge >= 0.3 is 0 Å². The number of amides is 2. The third kappa shape index (κ3) is 4.18. The molecule has 1 aliphatic heterocycles. The summed E-state index contributed by atoms with van der Waals surface area (Å²) < 4.78 is 5.49. The van der Waals surface area contributed by atoms with Gasteiger partial charge in [0.1, 0.15) is 5.75 Å². The molecular weight excluding hydrogens is 316 g/mol. The molecule has 1 N–H and O–H groups in total. The van der Waals surface area contributed by atoms with Gasteiger partial charge in [-0.15, -0.1) is 6.42 Å². The van der Waals surface area contributed by atoms with Crippen LogP contribution in [-0.2, 0) is 9.59 Å². The monoisotopic (exact) mass is 334 g/mol. The zero-order chi connectivity index (χ0) is 17.6. The average molecular weight is 334 g/mol. The Kier molecular flexibility index (Phi) is 5.00. The molecule has 0 bridgehead atoms. The van der Waals surface area contributed by atoms with Gasteiger partial charge in [-0.3, -0.25) is 9.59 Å². The van der Waals surface area contributed by atoms with E-state index in [0.29, 0.717) is 23.4 Å². The number of terminal acetylenes is 1. The van der Waals surface area contributed by atoms with Crippen LogP contribution >= 0.6 is 0 Å². The third-order valence-electron chi connectivity index (χ3n) is 3.90. The van der Waals surface area contributed by atoms with Crippen LogP contribution in [0.2, 0.25) is 0 Å². The van der Waals surface area contributed by atoms with Gasteiger partial charge in [0.05, 0.1) is 0 Å². The fraction of sp³-hybridized carbons (Fsp3) is 0.200. The lowest BCUT2D eigenvalue weighted by Crippen LogP contribution is -2.23. The third-order valence-corrected chi connectivity index (χ3v) is 3.90. The molecule has 0 spiro atoms. The Balaban J connectivity index is 1.53. The first-order chi connectivity index (χ1) is 12.2. The van der Waals surface area contributed by atoms with Gasteiger partial charge in [-0.25, -0.2) is 0 Å². The van der Waals surface area contributed by atoms with Crippen LogP contribution in [0.5, 0.6) is 5.75 Å². The SMILES string of the molecule is C#Cc1cccc(NC(=O)COc2ccc(N3CCCC3=O)cc2)c1. The number of hydrogen-bond acceptors (Lipinski definition) is 3. The number of nitrogens with one attached hydrogen (secondary N) is 1. The minimum absolute atomic E-state index is 0.109. The number of nitrogens with zero attached hydrogens (tertiary/aromatic N) is 1. The number of rotatable bonds is 5. The van der Waals surface area contributed by atoms with Crippen LogP contribution in [0.3, 0.4) is 0 Å². The Labute approximate surface area is 146 Å². The van der Waals surface area contributed by atoms with Crippen LogP contribution in [0.4, 0.5) is 11.4 Å². The summed E-state index contributed by atoms with van der Waals surface area (Å²) in [6, 6.07) is 14.2. The van der Waals surface area contributed by atoms with Crippen LogP contribution in [0.1, 0.15) is 18.4 Å². The first kappa shape index (κ1) is 16.6. The molecule has 1 heterocycles. The minimum atomic E-state index is -0.270. The molecule has 0 atom stereocenters. The molecule has 126 valence electrons. The van der Waals surface area contributed by atoms with E-state index in [1.807, 2.05) is 12.1 Å². The molecular formula is C20H18N2O3. The predicted molar refractivity (Wildman–Crippen MR) is 96.5 cm³/mol. The van der Waals surface area contributed by atoms with E-state index in [1.165, 1.54) is 0 Å². The highest BCUT2D eigenvalue weighted by atomic mass is 16.5. The summed E-state index contributed by atoms with van der Waals surface area (Å²) in [4.78, 5) is 25.4. The molecule has 5 heteroatoms. The fourth-order valence-corrected chi connectivity index (χ4v) is 2.68. The lowest BCUT2D eigenvalue weighted by atomic mass is 10.2. The Bertz CT molecular complexity index is 822. The van der Waals surface area contributed by atoms with Crippen LogP contribution in [0, 0.1) is 12.3 Å². The van der Waals surface area contributed by atoms with E-state index in [4.69, 9.17) is 11.2 Å². The highest BCUT2D eigenvalue weighted by Crippen LogP contribution is 2.23. The maximum atomic E-state index is 12.0. The molecule has 1 fully saturated rings. The highest BCUT2D eigenvalue weighted by molar-refractivity contribution is 5.95. The lowest BCUT2D eigenvalue weighted by Gasteiger charge is -2.16. The van der Waals surface area contributed by atoms with E-state index in [0.717, 1.165) is 18.7 Å². The Morgan fingerprint density at radius 2 is 2.04 bits per heavy atom. The van der Waals surface area contributed by atoms with Gasteiger partial charge in [0.2, 0.25) is 5.91 Å². The van der Waals surface area contributed by atoms with Crippen LogP contribution in [0.15, 0.2) is 48.5 Å². The number of carbonyl (C=O) groups is 2. The van der Waals surface area contributed by atoms with Gasteiger partial charge in [-0.1, -0.05) is 12.0 Å². The van der Waals surface area contributed by atoms with Gasteiger partial charge in [0.15, 0.2) is 6.61 Å². The van der Waals surface area contributed by atoms with Crippen molar-refractivity contribution in [2.45, 2.75) is 12.8 Å². The summed E-state index contributed by atoms with van der Waals surface area (Å²) in [5.74, 6) is 2.96. The van der Waals surface area contributed by atoms with E-state index in [-0.39, 0.29) is 18.4 Å². The second-order valence-corrected chi connectivity index (χ2v) is 5.70. The van der Waals surface area contributed by atoms with E-state index in [1.54, 1.807) is 41.3 Å². The summed E-state index contributed by atoms with van der Waals surface area (Å²) in [6.45, 7) is 0.639. The number of carbonyl (C=O) groups excluding carboxylic acids is 2. The summed E-state index contributed by atoms with van der Waals surface area (Å²) in [5, 5.41) is 2.74. The van der Waals surface area contributed by atoms with Crippen molar-refractivity contribution in [2.24, 2.45) is 0 Å². The van der Waals surface area contributed by atoms with Crippen LogP contribution < -0.4 is 15.0 Å². The standard InChI is InChI=1S/C20H18N2O3/c1-2-15-5-3-6-16(13-15)21-19(23)14-25-18-10-8-17(9-11-18)22-12-4-7-20(22)24/h1,3,5-6,8-11,13H,4,7,12,14H2,(H,21,23). The number of hydrogen-bond donors (Lipinski definition) is 1. The maximum Gasteiger partial charge on any atom is 0.262 e. The van der Waals surface area contributed by atoms with Crippen LogP contribution in [0.25, 0.3) is 0 Å². The normalized spacial score (nSPS) is 13.4. The number of ether oxygens (including phenoxy) is 1. The van der Waals surface area contributed by atoms with E-state index in [2.05, 4.69) is 11.2 Å². The number of anilines is 2. The molecule has 1 aliphatic rings. The van der Waals surface area contributed by atoms with Crippen molar-refractivity contribution in [2.75, 3.05) is 23.4 Å². The minimum Gasteiger partial charge on any atom is -0.484 e.